The first-order valence-corrected chi connectivity index (χ1v) is 11.0. The highest BCUT2D eigenvalue weighted by atomic mass is 15.2. The predicted molar refractivity (Wildman–Crippen MR) is 134 cm³/mol. The summed E-state index contributed by atoms with van der Waals surface area (Å²) < 4.78 is 2.13. The van der Waals surface area contributed by atoms with Gasteiger partial charge in [0.25, 0.3) is 0 Å². The fraction of sp³-hybridized carbons (Fsp3) is 0.0357. The van der Waals surface area contributed by atoms with Crippen LogP contribution in [0.25, 0.3) is 60.9 Å². The number of nitrogens with one attached hydrogen (secondary N) is 1. The van der Waals surface area contributed by atoms with Gasteiger partial charge in [0.1, 0.15) is 5.82 Å². The summed E-state index contributed by atoms with van der Waals surface area (Å²) in [7, 11) is 0. The molecule has 0 aliphatic heterocycles. The highest BCUT2D eigenvalue weighted by Crippen LogP contribution is 2.32. The van der Waals surface area contributed by atoms with Crippen LogP contribution in [0.3, 0.4) is 0 Å². The number of rotatable bonds is 2. The van der Waals surface area contributed by atoms with Gasteiger partial charge < -0.3 is 4.98 Å². The second kappa shape index (κ2) is 6.74. The lowest BCUT2D eigenvalue weighted by Crippen LogP contribution is -2.06. The van der Waals surface area contributed by atoms with Gasteiger partial charge in [-0.05, 0) is 31.2 Å². The molecule has 156 valence electrons. The molecule has 0 saturated heterocycles. The van der Waals surface area contributed by atoms with Gasteiger partial charge in [0.2, 0.25) is 5.95 Å². The summed E-state index contributed by atoms with van der Waals surface area (Å²) in [5, 5.41) is 4.79. The molecule has 0 spiro atoms. The molecule has 0 aliphatic carbocycles. The first-order chi connectivity index (χ1) is 16.3. The molecule has 3 aromatic heterocycles. The Balaban J connectivity index is 1.47. The number of H-pyrrole nitrogens is 1. The van der Waals surface area contributed by atoms with E-state index < -0.39 is 0 Å². The molecule has 0 unspecified atom stereocenters. The minimum Gasteiger partial charge on any atom is -0.354 e. The molecule has 7 aromatic rings. The maximum Gasteiger partial charge on any atom is 0.238 e. The molecule has 5 nitrogen and oxygen atoms in total. The Hall–Kier alpha value is -4.51. The normalized spacial score (nSPS) is 11.8. The fourth-order valence-electron chi connectivity index (χ4n) is 4.83. The van der Waals surface area contributed by atoms with Crippen molar-refractivity contribution < 1.29 is 0 Å². The molecular formula is C28H19N5. The lowest BCUT2D eigenvalue weighted by Gasteiger charge is -2.09. The summed E-state index contributed by atoms with van der Waals surface area (Å²) in [6.07, 6.45) is 0. The van der Waals surface area contributed by atoms with Crippen LogP contribution >= 0.6 is 0 Å². The maximum absolute atomic E-state index is 4.93. The van der Waals surface area contributed by atoms with E-state index in [-0.39, 0.29) is 0 Å². The molecular weight excluding hydrogens is 406 g/mol. The fourth-order valence-corrected chi connectivity index (χ4v) is 4.83. The Morgan fingerprint density at radius 3 is 2.00 bits per heavy atom. The van der Waals surface area contributed by atoms with Crippen molar-refractivity contribution >= 4 is 43.6 Å². The number of fused-ring (bicyclic) bond motifs is 6. The molecule has 7 rings (SSSR count). The number of hydrogen-bond acceptors (Lipinski definition) is 3. The van der Waals surface area contributed by atoms with Crippen LogP contribution in [0.1, 0.15) is 5.82 Å². The van der Waals surface area contributed by atoms with Crippen LogP contribution in [-0.2, 0) is 0 Å². The average Bonchev–Trinajstić information content (AvgIpc) is 3.39. The highest BCUT2D eigenvalue weighted by Gasteiger charge is 2.16. The lowest BCUT2D eigenvalue weighted by atomic mass is 10.1. The zero-order valence-electron chi connectivity index (χ0n) is 17.9. The molecule has 0 saturated carbocycles. The van der Waals surface area contributed by atoms with E-state index in [9.17, 15) is 0 Å². The summed E-state index contributed by atoms with van der Waals surface area (Å²) in [4.78, 5) is 17.9. The SMILES string of the molecule is Cc1nc(-c2ccc3c(c2)[nH]c2ccccc23)nc(-n2c3ccccc3c3ccccc32)n1. The predicted octanol–water partition coefficient (Wildman–Crippen LogP) is 6.58. The van der Waals surface area contributed by atoms with Crippen LogP contribution in [0.2, 0.25) is 0 Å². The molecule has 5 heteroatoms. The molecule has 1 N–H and O–H groups in total. The van der Waals surface area contributed by atoms with Crippen molar-refractivity contribution in [2.45, 2.75) is 6.92 Å². The number of benzene rings is 4. The van der Waals surface area contributed by atoms with Gasteiger partial charge >= 0.3 is 0 Å². The van der Waals surface area contributed by atoms with Gasteiger partial charge in [0.15, 0.2) is 5.82 Å². The average molecular weight is 425 g/mol. The van der Waals surface area contributed by atoms with Gasteiger partial charge in [-0.3, -0.25) is 4.57 Å². The van der Waals surface area contributed by atoms with E-state index in [1.54, 1.807) is 0 Å². The van der Waals surface area contributed by atoms with Gasteiger partial charge in [-0.15, -0.1) is 0 Å². The molecule has 0 bridgehead atoms. The summed E-state index contributed by atoms with van der Waals surface area (Å²) in [5.74, 6) is 1.99. The second-order valence-electron chi connectivity index (χ2n) is 8.31. The summed E-state index contributed by atoms with van der Waals surface area (Å²) in [6, 6.07) is 31.5. The summed E-state index contributed by atoms with van der Waals surface area (Å²) in [5.41, 5.74) is 5.33. The van der Waals surface area contributed by atoms with E-state index >= 15 is 0 Å². The standard InChI is InChI=1S/C28H19N5/c1-17-29-27(18-14-15-20-19-8-2-5-11-23(19)31-24(20)16-18)32-28(30-17)33-25-12-6-3-9-21(25)22-10-4-7-13-26(22)33/h2-16,31H,1H3. The lowest BCUT2D eigenvalue weighted by molar-refractivity contribution is 0.907. The molecule has 0 radical (unpaired) electrons. The number of nitrogens with zero attached hydrogens (tertiary/aromatic N) is 4. The van der Waals surface area contributed by atoms with E-state index in [0.29, 0.717) is 17.6 Å². The van der Waals surface area contributed by atoms with E-state index in [2.05, 4.69) is 99.5 Å². The number of para-hydroxylation sites is 3. The van der Waals surface area contributed by atoms with E-state index in [1.165, 1.54) is 21.5 Å². The second-order valence-corrected chi connectivity index (χ2v) is 8.31. The van der Waals surface area contributed by atoms with Crippen LogP contribution in [0.4, 0.5) is 0 Å². The first kappa shape index (κ1) is 18.1. The highest BCUT2D eigenvalue weighted by molar-refractivity contribution is 6.09. The minimum atomic E-state index is 0.631. The smallest absolute Gasteiger partial charge is 0.238 e. The zero-order valence-corrected chi connectivity index (χ0v) is 17.9. The van der Waals surface area contributed by atoms with Gasteiger partial charge in [-0.2, -0.15) is 9.97 Å². The minimum absolute atomic E-state index is 0.631. The van der Waals surface area contributed by atoms with Crippen molar-refractivity contribution in [3.05, 3.63) is 96.8 Å². The number of aromatic nitrogens is 5. The maximum atomic E-state index is 4.93. The Morgan fingerprint density at radius 2 is 1.24 bits per heavy atom. The molecule has 0 aliphatic rings. The van der Waals surface area contributed by atoms with E-state index in [1.807, 2.05) is 13.0 Å². The molecule has 0 fully saturated rings. The van der Waals surface area contributed by atoms with Crippen LogP contribution in [0.5, 0.6) is 0 Å². The van der Waals surface area contributed by atoms with Crippen molar-refractivity contribution in [3.8, 4) is 17.3 Å². The number of aryl methyl sites for hydroxylation is 1. The molecule has 4 aromatic carbocycles. The Bertz CT molecular complexity index is 1790. The number of hydrogen-bond donors (Lipinski definition) is 1. The molecule has 0 atom stereocenters. The quantitative estimate of drug-likeness (QED) is 0.340. The monoisotopic (exact) mass is 425 g/mol. The van der Waals surface area contributed by atoms with Gasteiger partial charge in [0, 0.05) is 38.1 Å². The third-order valence-electron chi connectivity index (χ3n) is 6.28. The first-order valence-electron chi connectivity index (χ1n) is 11.0. The number of aromatic amines is 1. The molecule has 3 heterocycles. The topological polar surface area (TPSA) is 59.4 Å². The van der Waals surface area contributed by atoms with Crippen molar-refractivity contribution in [1.82, 2.24) is 24.5 Å². The third kappa shape index (κ3) is 2.69. The summed E-state index contributed by atoms with van der Waals surface area (Å²) in [6.45, 7) is 1.92. The summed E-state index contributed by atoms with van der Waals surface area (Å²) >= 11 is 0. The van der Waals surface area contributed by atoms with Crippen LogP contribution in [0, 0.1) is 6.92 Å². The third-order valence-corrected chi connectivity index (χ3v) is 6.28. The van der Waals surface area contributed by atoms with E-state index in [4.69, 9.17) is 9.97 Å². The van der Waals surface area contributed by atoms with E-state index in [0.717, 1.165) is 27.6 Å². The van der Waals surface area contributed by atoms with Crippen LogP contribution in [-0.4, -0.2) is 24.5 Å². The largest absolute Gasteiger partial charge is 0.354 e. The molecule has 33 heavy (non-hydrogen) atoms. The molecule has 0 amide bonds. The van der Waals surface area contributed by atoms with Crippen LogP contribution < -0.4 is 0 Å². The zero-order chi connectivity index (χ0) is 21.9. The van der Waals surface area contributed by atoms with Crippen molar-refractivity contribution in [2.24, 2.45) is 0 Å². The van der Waals surface area contributed by atoms with Crippen molar-refractivity contribution in [1.29, 1.82) is 0 Å². The Kier molecular flexibility index (Phi) is 3.70. The van der Waals surface area contributed by atoms with Gasteiger partial charge in [-0.1, -0.05) is 66.7 Å². The Morgan fingerprint density at radius 1 is 0.606 bits per heavy atom. The van der Waals surface area contributed by atoms with Crippen molar-refractivity contribution in [3.63, 3.8) is 0 Å². The van der Waals surface area contributed by atoms with Crippen LogP contribution in [0.15, 0.2) is 91.0 Å². The van der Waals surface area contributed by atoms with Gasteiger partial charge in [-0.25, -0.2) is 4.98 Å². The Labute approximate surface area is 189 Å². The van der Waals surface area contributed by atoms with Crippen molar-refractivity contribution in [2.75, 3.05) is 0 Å². The van der Waals surface area contributed by atoms with Gasteiger partial charge in [0.05, 0.1) is 11.0 Å².